The summed E-state index contributed by atoms with van der Waals surface area (Å²) < 4.78 is 0.938. The Hall–Kier alpha value is -1.31. The van der Waals surface area contributed by atoms with Gasteiger partial charge in [-0.15, -0.1) is 11.8 Å². The molecule has 0 saturated heterocycles. The van der Waals surface area contributed by atoms with Gasteiger partial charge in [0.15, 0.2) is 5.13 Å². The first-order valence-electron chi connectivity index (χ1n) is 9.74. The molecule has 0 saturated carbocycles. The second-order valence-electron chi connectivity index (χ2n) is 7.29. The van der Waals surface area contributed by atoms with Crippen LogP contribution in [0.3, 0.4) is 0 Å². The van der Waals surface area contributed by atoms with E-state index in [4.69, 9.17) is 28.2 Å². The fourth-order valence-electron chi connectivity index (χ4n) is 2.91. The Morgan fingerprint density at radius 2 is 1.83 bits per heavy atom. The van der Waals surface area contributed by atoms with Gasteiger partial charge in [0.25, 0.3) is 0 Å². The number of nitrogens with zero attached hydrogens (tertiary/aromatic N) is 3. The van der Waals surface area contributed by atoms with Crippen LogP contribution in [-0.4, -0.2) is 48.7 Å². The van der Waals surface area contributed by atoms with Crippen LogP contribution in [0.1, 0.15) is 18.4 Å². The fraction of sp³-hybridized carbons (Fsp3) is 0.364. The average Bonchev–Trinajstić information content (AvgIpc) is 3.16. The van der Waals surface area contributed by atoms with Crippen molar-refractivity contribution >= 4 is 67.6 Å². The first-order chi connectivity index (χ1) is 14.3. The van der Waals surface area contributed by atoms with Crippen LogP contribution in [0.2, 0.25) is 10.0 Å². The van der Waals surface area contributed by atoms with Gasteiger partial charge in [-0.05, 0) is 69.1 Å². The number of hydrogen-bond acceptors (Lipinski definition) is 5. The van der Waals surface area contributed by atoms with Crippen LogP contribution in [0.4, 0.5) is 5.13 Å². The Morgan fingerprint density at radius 3 is 2.50 bits per heavy atom. The maximum atomic E-state index is 13.1. The topological polar surface area (TPSA) is 36.4 Å². The third kappa shape index (κ3) is 6.11. The number of likely N-dealkylation sites (N-methyl/N-ethyl adjacent to an activating group) is 1. The summed E-state index contributed by atoms with van der Waals surface area (Å²) in [6.45, 7) is 3.39. The zero-order valence-corrected chi connectivity index (χ0v) is 20.5. The molecular formula is C22H25Cl2N3OS2. The molecule has 0 radical (unpaired) electrons. The summed E-state index contributed by atoms with van der Waals surface area (Å²) in [5, 5.41) is 2.13. The molecule has 0 N–H and O–H groups in total. The van der Waals surface area contributed by atoms with Crippen LogP contribution in [0.5, 0.6) is 0 Å². The number of hydrogen-bond donors (Lipinski definition) is 0. The van der Waals surface area contributed by atoms with Crippen molar-refractivity contribution in [3.8, 4) is 0 Å². The molecule has 1 heterocycles. The summed E-state index contributed by atoms with van der Waals surface area (Å²) in [5.41, 5.74) is 1.94. The number of carbonyl (C=O) groups is 1. The molecule has 0 spiro atoms. The normalized spacial score (nSPS) is 11.4. The van der Waals surface area contributed by atoms with Crippen LogP contribution in [0.15, 0.2) is 41.3 Å². The lowest BCUT2D eigenvalue weighted by Gasteiger charge is -2.22. The number of rotatable bonds is 9. The van der Waals surface area contributed by atoms with Gasteiger partial charge in [0.1, 0.15) is 0 Å². The molecule has 0 bridgehead atoms. The number of halogens is 2. The molecule has 0 aliphatic heterocycles. The molecule has 4 nitrogen and oxygen atoms in total. The Bertz CT molecular complexity index is 967. The molecule has 2 aromatic carbocycles. The summed E-state index contributed by atoms with van der Waals surface area (Å²) in [5.74, 6) is 0.973. The van der Waals surface area contributed by atoms with Crippen LogP contribution in [0.25, 0.3) is 10.2 Å². The third-order valence-corrected chi connectivity index (χ3v) is 7.50. The number of anilines is 1. The molecular weight excluding hydrogens is 457 g/mol. The maximum absolute atomic E-state index is 13.1. The van der Waals surface area contributed by atoms with Crippen molar-refractivity contribution in [1.29, 1.82) is 0 Å². The summed E-state index contributed by atoms with van der Waals surface area (Å²) >= 11 is 15.5. The fourth-order valence-corrected chi connectivity index (χ4v) is 5.25. The predicted molar refractivity (Wildman–Crippen MR) is 132 cm³/mol. The van der Waals surface area contributed by atoms with Gasteiger partial charge in [-0.25, -0.2) is 4.98 Å². The molecule has 3 rings (SSSR count). The zero-order valence-electron chi connectivity index (χ0n) is 17.3. The molecule has 0 fully saturated rings. The molecule has 0 atom stereocenters. The van der Waals surface area contributed by atoms with Gasteiger partial charge in [0.05, 0.1) is 15.2 Å². The summed E-state index contributed by atoms with van der Waals surface area (Å²) in [4.78, 5) is 22.9. The van der Waals surface area contributed by atoms with Gasteiger partial charge in [0, 0.05) is 29.4 Å². The van der Waals surface area contributed by atoms with Crippen LogP contribution in [-0.2, 0) is 4.79 Å². The lowest BCUT2D eigenvalue weighted by Crippen LogP contribution is -2.36. The van der Waals surface area contributed by atoms with Gasteiger partial charge in [-0.3, -0.25) is 9.69 Å². The largest absolute Gasteiger partial charge is 0.308 e. The van der Waals surface area contributed by atoms with Crippen molar-refractivity contribution in [3.05, 3.63) is 52.0 Å². The molecule has 0 unspecified atom stereocenters. The van der Waals surface area contributed by atoms with Crippen molar-refractivity contribution in [2.24, 2.45) is 0 Å². The van der Waals surface area contributed by atoms with Gasteiger partial charge in [-0.2, -0.15) is 0 Å². The van der Waals surface area contributed by atoms with E-state index in [1.807, 2.05) is 62.3 Å². The van der Waals surface area contributed by atoms with Crippen molar-refractivity contribution in [3.63, 3.8) is 0 Å². The second-order valence-corrected chi connectivity index (χ2v) is 10.3. The Kier molecular flexibility index (Phi) is 8.43. The number of amides is 1. The van der Waals surface area contributed by atoms with E-state index in [2.05, 4.69) is 4.90 Å². The molecule has 1 aromatic heterocycles. The van der Waals surface area contributed by atoms with Gasteiger partial charge >= 0.3 is 0 Å². The summed E-state index contributed by atoms with van der Waals surface area (Å²) in [6.07, 6.45) is 1.28. The van der Waals surface area contributed by atoms with E-state index in [1.165, 1.54) is 11.3 Å². The van der Waals surface area contributed by atoms with E-state index in [0.717, 1.165) is 49.5 Å². The van der Waals surface area contributed by atoms with E-state index in [0.29, 0.717) is 18.0 Å². The molecule has 3 aromatic rings. The lowest BCUT2D eigenvalue weighted by atomic mass is 10.2. The second kappa shape index (κ2) is 10.8. The van der Waals surface area contributed by atoms with Gasteiger partial charge < -0.3 is 4.90 Å². The highest BCUT2D eigenvalue weighted by molar-refractivity contribution is 7.99. The molecule has 8 heteroatoms. The first-order valence-corrected chi connectivity index (χ1v) is 12.3. The molecule has 0 aliphatic carbocycles. The number of aromatic nitrogens is 1. The highest BCUT2D eigenvalue weighted by Crippen LogP contribution is 2.36. The minimum Gasteiger partial charge on any atom is -0.308 e. The van der Waals surface area contributed by atoms with Crippen molar-refractivity contribution < 1.29 is 4.79 Å². The Morgan fingerprint density at radius 1 is 1.10 bits per heavy atom. The number of fused-ring (bicyclic) bond motifs is 1. The van der Waals surface area contributed by atoms with Gasteiger partial charge in [0.2, 0.25) is 5.91 Å². The van der Waals surface area contributed by atoms with Crippen LogP contribution >= 0.6 is 46.3 Å². The van der Waals surface area contributed by atoms with Crippen molar-refractivity contribution in [2.45, 2.75) is 24.7 Å². The van der Waals surface area contributed by atoms with Crippen LogP contribution in [0, 0.1) is 6.92 Å². The smallest absolute Gasteiger partial charge is 0.228 e. The van der Waals surface area contributed by atoms with E-state index in [1.54, 1.807) is 11.8 Å². The first kappa shape index (κ1) is 23.4. The van der Waals surface area contributed by atoms with E-state index in [-0.39, 0.29) is 5.91 Å². The molecule has 30 heavy (non-hydrogen) atoms. The third-order valence-electron chi connectivity index (χ3n) is 4.61. The highest BCUT2D eigenvalue weighted by Gasteiger charge is 2.21. The van der Waals surface area contributed by atoms with Crippen molar-refractivity contribution in [2.75, 3.05) is 37.8 Å². The number of aryl methyl sites for hydroxylation is 1. The number of thiazole rings is 1. The summed E-state index contributed by atoms with van der Waals surface area (Å²) in [6, 6.07) is 11.6. The standard InChI is InChI=1S/C22H25Cl2N3OS2/c1-15-6-11-18(24)21-20(15)25-22(30-21)27(13-12-26(2)3)19(28)5-4-14-29-17-9-7-16(23)8-10-17/h6-11H,4-5,12-14H2,1-3H3. The molecule has 1 amide bonds. The lowest BCUT2D eigenvalue weighted by molar-refractivity contribution is -0.118. The number of carbonyl (C=O) groups excluding carboxylic acids is 1. The monoisotopic (exact) mass is 481 g/mol. The Balaban J connectivity index is 1.68. The zero-order chi connectivity index (χ0) is 21.7. The van der Waals surface area contributed by atoms with E-state index >= 15 is 0 Å². The minimum absolute atomic E-state index is 0.0985. The average molecular weight is 483 g/mol. The minimum atomic E-state index is 0.0985. The van der Waals surface area contributed by atoms with Crippen molar-refractivity contribution in [1.82, 2.24) is 9.88 Å². The van der Waals surface area contributed by atoms with E-state index in [9.17, 15) is 4.79 Å². The van der Waals surface area contributed by atoms with Crippen LogP contribution < -0.4 is 4.90 Å². The highest BCUT2D eigenvalue weighted by atomic mass is 35.5. The molecule has 0 aliphatic rings. The molecule has 160 valence electrons. The quantitative estimate of drug-likeness (QED) is 0.262. The Labute approximate surface area is 196 Å². The number of thioether (sulfide) groups is 1. The maximum Gasteiger partial charge on any atom is 0.228 e. The SMILES string of the molecule is Cc1ccc(Cl)c2sc(N(CCN(C)C)C(=O)CCCSc3ccc(Cl)cc3)nc12. The number of benzene rings is 2. The predicted octanol–water partition coefficient (Wildman–Crippen LogP) is 6.38. The van der Waals surface area contributed by atoms with Gasteiger partial charge in [-0.1, -0.05) is 40.6 Å². The van der Waals surface area contributed by atoms with E-state index < -0.39 is 0 Å². The summed E-state index contributed by atoms with van der Waals surface area (Å²) in [7, 11) is 4.01.